The van der Waals surface area contributed by atoms with E-state index in [1.54, 1.807) is 95.6 Å². The molecule has 0 fully saturated rings. The maximum atomic E-state index is 8.93. The molecule has 4 aliphatic carbocycles. The molecule has 0 aliphatic heterocycles. The SMILES string of the molecule is CSc1ccc(O)cc1.CSc1ccc(O)cc1.CSc1cccc(O)c1.CSc1cccc(O)c1.[C-]1=CC=CC1.[C-]1=CC=CC1.[C-]1=CC=CC1.[C-]1=CC=CC1.[Zr+2].[Zr+2]. The van der Waals surface area contributed by atoms with E-state index in [4.69, 9.17) is 20.4 Å². The molecule has 0 heterocycles. The number of thioether (sulfide) groups is 4. The number of phenols is 4. The Morgan fingerprint density at radius 2 is 0.638 bits per heavy atom. The predicted molar refractivity (Wildman–Crippen MR) is 246 cm³/mol. The Morgan fingerprint density at radius 3 is 0.793 bits per heavy atom. The van der Waals surface area contributed by atoms with E-state index in [1.807, 2.05) is 122 Å². The van der Waals surface area contributed by atoms with E-state index in [0.717, 1.165) is 35.5 Å². The van der Waals surface area contributed by atoms with Crippen LogP contribution in [0.15, 0.2) is 190 Å². The van der Waals surface area contributed by atoms with Gasteiger partial charge in [-0.1, -0.05) is 12.1 Å². The third-order valence-electron chi connectivity index (χ3n) is 6.59. The summed E-state index contributed by atoms with van der Waals surface area (Å²) in [6.07, 6.45) is 48.0. The third-order valence-corrected chi connectivity index (χ3v) is 9.53. The smallest absolute Gasteiger partial charge is 0.508 e. The van der Waals surface area contributed by atoms with E-state index in [9.17, 15) is 0 Å². The van der Waals surface area contributed by atoms with E-state index < -0.39 is 0 Å². The van der Waals surface area contributed by atoms with Crippen LogP contribution in [0, 0.1) is 24.3 Å². The van der Waals surface area contributed by atoms with Crippen molar-refractivity contribution in [2.45, 2.75) is 45.3 Å². The van der Waals surface area contributed by atoms with Crippen molar-refractivity contribution in [3.8, 4) is 23.0 Å². The zero-order valence-electron chi connectivity index (χ0n) is 33.4. The summed E-state index contributed by atoms with van der Waals surface area (Å²) in [7, 11) is 0. The van der Waals surface area contributed by atoms with Crippen molar-refractivity contribution in [3.05, 3.63) is 194 Å². The normalized spacial score (nSPS) is 11.9. The van der Waals surface area contributed by atoms with Crippen molar-refractivity contribution >= 4 is 47.0 Å². The molecule has 0 saturated heterocycles. The van der Waals surface area contributed by atoms with Crippen LogP contribution in [0.5, 0.6) is 23.0 Å². The monoisotopic (exact) mass is 1000 g/mol. The molecule has 58 heavy (non-hydrogen) atoms. The van der Waals surface area contributed by atoms with Gasteiger partial charge in [0.05, 0.1) is 0 Å². The van der Waals surface area contributed by atoms with Crippen LogP contribution < -0.4 is 0 Å². The van der Waals surface area contributed by atoms with Crippen molar-refractivity contribution in [1.29, 1.82) is 0 Å². The molecule has 10 heteroatoms. The largest absolute Gasteiger partial charge is 2.00 e. The Hall–Kier alpha value is -2.83. The fraction of sp³-hybridized carbons (Fsp3) is 0.167. The van der Waals surface area contributed by atoms with Gasteiger partial charge in [-0.15, -0.1) is 72.7 Å². The Bertz CT molecular complexity index is 1610. The Kier molecular flexibility index (Phi) is 40.4. The topological polar surface area (TPSA) is 80.9 Å². The summed E-state index contributed by atoms with van der Waals surface area (Å²) >= 11 is 6.58. The summed E-state index contributed by atoms with van der Waals surface area (Å²) in [5.41, 5.74) is 0. The quantitative estimate of drug-likeness (QED) is 0.119. The van der Waals surface area contributed by atoms with Gasteiger partial charge >= 0.3 is 52.4 Å². The van der Waals surface area contributed by atoms with Gasteiger partial charge in [-0.3, -0.25) is 24.3 Å². The minimum atomic E-state index is 0. The zero-order valence-corrected chi connectivity index (χ0v) is 41.6. The van der Waals surface area contributed by atoms with E-state index in [0.29, 0.717) is 23.0 Å². The van der Waals surface area contributed by atoms with Crippen LogP contribution in [0.1, 0.15) is 25.7 Å². The van der Waals surface area contributed by atoms with E-state index in [2.05, 4.69) is 48.6 Å². The van der Waals surface area contributed by atoms with Crippen LogP contribution in [0.25, 0.3) is 0 Å². The summed E-state index contributed by atoms with van der Waals surface area (Å²) in [5.74, 6) is 1.32. The van der Waals surface area contributed by atoms with Gasteiger partial charge in [0.15, 0.2) is 0 Å². The molecule has 0 amide bonds. The summed E-state index contributed by atoms with van der Waals surface area (Å²) in [6, 6.07) is 28.7. The van der Waals surface area contributed by atoms with Gasteiger partial charge in [-0.05, 0) is 110 Å². The van der Waals surface area contributed by atoms with Gasteiger partial charge in [-0.25, -0.2) is 48.6 Å². The molecule has 300 valence electrons. The van der Waals surface area contributed by atoms with Gasteiger partial charge in [0, 0.05) is 19.6 Å². The maximum absolute atomic E-state index is 8.93. The fourth-order valence-corrected chi connectivity index (χ4v) is 5.47. The predicted octanol–water partition coefficient (Wildman–Crippen LogP) is 13.7. The molecule has 0 unspecified atom stereocenters. The molecule has 8 rings (SSSR count). The molecule has 0 bridgehead atoms. The molecule has 0 spiro atoms. The first-order chi connectivity index (χ1) is 27.3. The number of benzene rings is 4. The van der Waals surface area contributed by atoms with Crippen molar-refractivity contribution in [1.82, 2.24) is 0 Å². The molecule has 0 atom stereocenters. The van der Waals surface area contributed by atoms with Crippen LogP contribution in [-0.2, 0) is 52.4 Å². The molecule has 0 aromatic heterocycles. The number of phenolic OH excluding ortho intramolecular Hbond substituents is 4. The maximum Gasteiger partial charge on any atom is 2.00 e. The summed E-state index contributed by atoms with van der Waals surface area (Å²) in [6.45, 7) is 0. The van der Waals surface area contributed by atoms with Crippen LogP contribution >= 0.6 is 47.0 Å². The third kappa shape index (κ3) is 34.1. The Balaban J connectivity index is 0. The van der Waals surface area contributed by atoms with Crippen LogP contribution in [0.4, 0.5) is 0 Å². The molecular formula is C48H52O4S4Zr2. The molecule has 4 N–H and O–H groups in total. The standard InChI is InChI=1S/4C7H8OS.4C5H5.2Zr/c2*1-9-7-4-2-6(8)3-5-7;2*1-9-7-4-2-3-6(8)5-7;4*1-2-4-5-3-1;;/h4*2-5,8H,1H3;4*1-3H,4H2;;/q;;;;4*-1;2*+2. The average molecular weight is 1000 g/mol. The van der Waals surface area contributed by atoms with Gasteiger partial charge in [0.2, 0.25) is 0 Å². The molecule has 4 aromatic rings. The summed E-state index contributed by atoms with van der Waals surface area (Å²) in [5, 5.41) is 35.5. The molecule has 4 aromatic carbocycles. The fourth-order valence-electron chi connectivity index (χ4n) is 3.75. The minimum absolute atomic E-state index is 0. The van der Waals surface area contributed by atoms with Crippen LogP contribution in [-0.4, -0.2) is 45.4 Å². The zero-order chi connectivity index (χ0) is 40.9. The van der Waals surface area contributed by atoms with Gasteiger partial charge < -0.3 is 20.4 Å². The van der Waals surface area contributed by atoms with Gasteiger partial charge in [0.1, 0.15) is 23.0 Å². The molecular weight excluding hydrogens is 951 g/mol. The molecule has 4 nitrogen and oxygen atoms in total. The first-order valence-corrected chi connectivity index (χ1v) is 22.4. The Morgan fingerprint density at radius 1 is 0.362 bits per heavy atom. The van der Waals surface area contributed by atoms with E-state index >= 15 is 0 Å². The number of hydrogen-bond acceptors (Lipinski definition) is 8. The second-order valence-corrected chi connectivity index (χ2v) is 14.3. The van der Waals surface area contributed by atoms with Gasteiger partial charge in [-0.2, -0.15) is 24.3 Å². The molecule has 0 saturated carbocycles. The average Bonchev–Trinajstić information content (AvgIpc) is 4.10. The number of allylic oxidation sites excluding steroid dienone is 16. The number of aromatic hydroxyl groups is 4. The van der Waals surface area contributed by atoms with Crippen LogP contribution in [0.3, 0.4) is 0 Å². The Labute approximate surface area is 403 Å². The van der Waals surface area contributed by atoms with E-state index in [1.165, 1.54) is 9.79 Å². The summed E-state index contributed by atoms with van der Waals surface area (Å²) in [4.78, 5) is 4.53. The first-order valence-electron chi connectivity index (χ1n) is 17.5. The number of rotatable bonds is 4. The van der Waals surface area contributed by atoms with Crippen molar-refractivity contribution < 1.29 is 72.8 Å². The summed E-state index contributed by atoms with van der Waals surface area (Å²) < 4.78 is 0. The van der Waals surface area contributed by atoms with E-state index in [-0.39, 0.29) is 52.4 Å². The van der Waals surface area contributed by atoms with Crippen LogP contribution in [0.2, 0.25) is 0 Å². The molecule has 4 aliphatic rings. The van der Waals surface area contributed by atoms with Gasteiger partial charge in [0.25, 0.3) is 0 Å². The van der Waals surface area contributed by atoms with Crippen molar-refractivity contribution in [3.63, 3.8) is 0 Å². The van der Waals surface area contributed by atoms with Crippen molar-refractivity contribution in [2.24, 2.45) is 0 Å². The second kappa shape index (κ2) is 40.9. The number of hydrogen-bond donors (Lipinski definition) is 4. The second-order valence-electron chi connectivity index (χ2n) is 10.8. The van der Waals surface area contributed by atoms with Crippen molar-refractivity contribution in [2.75, 3.05) is 25.0 Å². The molecule has 0 radical (unpaired) electrons. The minimum Gasteiger partial charge on any atom is -0.508 e. The first kappa shape index (κ1) is 57.3.